The number of benzene rings is 1. The van der Waals surface area contributed by atoms with Gasteiger partial charge in [0, 0.05) is 11.2 Å². The zero-order valence-electron chi connectivity index (χ0n) is 9.01. The summed E-state index contributed by atoms with van der Waals surface area (Å²) in [5, 5.41) is 8.45. The highest BCUT2D eigenvalue weighted by atomic mass is 35.5. The highest BCUT2D eigenvalue weighted by molar-refractivity contribution is 6.30. The van der Waals surface area contributed by atoms with Gasteiger partial charge < -0.3 is 4.74 Å². The van der Waals surface area contributed by atoms with Crippen LogP contribution in [-0.4, -0.2) is 21.6 Å². The lowest BCUT2D eigenvalue weighted by Gasteiger charge is -2.05. The molecule has 0 aliphatic carbocycles. The molecule has 0 radical (unpaired) electrons. The first-order valence-corrected chi connectivity index (χ1v) is 6.02. The van der Waals surface area contributed by atoms with Crippen molar-refractivity contribution in [1.29, 1.82) is 0 Å². The lowest BCUT2D eigenvalue weighted by molar-refractivity contribution is 0.289. The van der Waals surface area contributed by atoms with Crippen molar-refractivity contribution in [2.24, 2.45) is 0 Å². The van der Waals surface area contributed by atoms with E-state index < -0.39 is 0 Å². The van der Waals surface area contributed by atoms with Crippen LogP contribution in [0.25, 0.3) is 0 Å². The number of aromatic nitrogens is 3. The van der Waals surface area contributed by atoms with Crippen LogP contribution in [0.1, 0.15) is 5.69 Å². The van der Waals surface area contributed by atoms with E-state index in [1.54, 1.807) is 23.0 Å². The first-order valence-electron chi connectivity index (χ1n) is 5.11. The van der Waals surface area contributed by atoms with Gasteiger partial charge in [-0.2, -0.15) is 0 Å². The largest absolute Gasteiger partial charge is 0.492 e. The fourth-order valence-corrected chi connectivity index (χ4v) is 1.63. The van der Waals surface area contributed by atoms with E-state index in [2.05, 4.69) is 10.3 Å². The smallest absolute Gasteiger partial charge is 0.120 e. The molecule has 0 spiro atoms. The summed E-state index contributed by atoms with van der Waals surface area (Å²) in [5.74, 6) is 1.12. The lowest BCUT2D eigenvalue weighted by atomic mass is 10.3. The third-order valence-corrected chi connectivity index (χ3v) is 2.62. The quantitative estimate of drug-likeness (QED) is 0.786. The van der Waals surface area contributed by atoms with Crippen LogP contribution in [0, 0.1) is 0 Å². The zero-order valence-corrected chi connectivity index (χ0v) is 10.5. The van der Waals surface area contributed by atoms with Crippen LogP contribution in [0.5, 0.6) is 5.75 Å². The second-order valence-corrected chi connectivity index (χ2v) is 4.12. The van der Waals surface area contributed by atoms with E-state index in [4.69, 9.17) is 27.9 Å². The third kappa shape index (κ3) is 3.61. The monoisotopic (exact) mass is 271 g/mol. The average Bonchev–Trinajstić information content (AvgIpc) is 2.77. The molecule has 0 fully saturated rings. The van der Waals surface area contributed by atoms with Crippen molar-refractivity contribution in [2.75, 3.05) is 6.61 Å². The highest BCUT2D eigenvalue weighted by Crippen LogP contribution is 2.16. The molecular weight excluding hydrogens is 261 g/mol. The number of hydrogen-bond donors (Lipinski definition) is 0. The van der Waals surface area contributed by atoms with Crippen LogP contribution in [0.2, 0.25) is 5.02 Å². The number of halogens is 2. The van der Waals surface area contributed by atoms with Gasteiger partial charge in [-0.05, 0) is 18.2 Å². The van der Waals surface area contributed by atoms with Gasteiger partial charge in [-0.1, -0.05) is 22.9 Å². The number of rotatable bonds is 5. The molecule has 0 aliphatic rings. The minimum atomic E-state index is 0.370. The molecule has 1 heterocycles. The molecular formula is C11H11Cl2N3O. The van der Waals surface area contributed by atoms with Crippen molar-refractivity contribution in [2.45, 2.75) is 12.4 Å². The van der Waals surface area contributed by atoms with Gasteiger partial charge >= 0.3 is 0 Å². The number of hydrogen-bond acceptors (Lipinski definition) is 3. The average molecular weight is 272 g/mol. The Hall–Kier alpha value is -1.26. The Labute approximate surface area is 109 Å². The molecule has 6 heteroatoms. The van der Waals surface area contributed by atoms with E-state index >= 15 is 0 Å². The summed E-state index contributed by atoms with van der Waals surface area (Å²) in [6.07, 6.45) is 1.80. The summed E-state index contributed by atoms with van der Waals surface area (Å²) in [5.41, 5.74) is 0.759. The molecule has 0 saturated carbocycles. The van der Waals surface area contributed by atoms with Crippen molar-refractivity contribution in [3.05, 3.63) is 41.2 Å². The van der Waals surface area contributed by atoms with Gasteiger partial charge in [0.25, 0.3) is 0 Å². The van der Waals surface area contributed by atoms with Crippen molar-refractivity contribution < 1.29 is 4.74 Å². The van der Waals surface area contributed by atoms with Crippen LogP contribution < -0.4 is 4.74 Å². The Balaban J connectivity index is 1.83. The molecule has 0 bridgehead atoms. The Bertz CT molecular complexity index is 487. The van der Waals surface area contributed by atoms with Gasteiger partial charge in [-0.3, -0.25) is 0 Å². The lowest BCUT2D eigenvalue weighted by Crippen LogP contribution is -2.08. The summed E-state index contributed by atoms with van der Waals surface area (Å²) >= 11 is 11.5. The molecule has 17 heavy (non-hydrogen) atoms. The minimum Gasteiger partial charge on any atom is -0.492 e. The first-order chi connectivity index (χ1) is 8.28. The summed E-state index contributed by atoms with van der Waals surface area (Å²) in [6.45, 7) is 1.13. The normalized spacial score (nSPS) is 10.5. The summed E-state index contributed by atoms with van der Waals surface area (Å²) < 4.78 is 7.22. The van der Waals surface area contributed by atoms with Gasteiger partial charge in [-0.25, -0.2) is 4.68 Å². The van der Waals surface area contributed by atoms with Crippen LogP contribution in [0.3, 0.4) is 0 Å². The first kappa shape index (κ1) is 12.2. The number of alkyl halides is 1. The fourth-order valence-electron chi connectivity index (χ4n) is 1.32. The van der Waals surface area contributed by atoms with Gasteiger partial charge in [0.1, 0.15) is 12.4 Å². The molecule has 4 nitrogen and oxygen atoms in total. The van der Waals surface area contributed by atoms with Crippen molar-refractivity contribution in [1.82, 2.24) is 15.0 Å². The maximum Gasteiger partial charge on any atom is 0.120 e. The highest BCUT2D eigenvalue weighted by Gasteiger charge is 1.99. The predicted octanol–water partition coefficient (Wildman–Crippen LogP) is 2.75. The topological polar surface area (TPSA) is 39.9 Å². The minimum absolute atomic E-state index is 0.370. The van der Waals surface area contributed by atoms with Crippen molar-refractivity contribution in [3.63, 3.8) is 0 Å². The van der Waals surface area contributed by atoms with Crippen molar-refractivity contribution >= 4 is 23.2 Å². The Morgan fingerprint density at radius 3 is 2.94 bits per heavy atom. The van der Waals surface area contributed by atoms with E-state index in [1.807, 2.05) is 12.1 Å². The SMILES string of the molecule is ClCc1cn(CCOc2cccc(Cl)c2)nn1. The van der Waals surface area contributed by atoms with E-state index in [1.165, 1.54) is 0 Å². The van der Waals surface area contributed by atoms with Gasteiger partial charge in [0.15, 0.2) is 0 Å². The second-order valence-electron chi connectivity index (χ2n) is 3.41. The number of ether oxygens (including phenoxy) is 1. The van der Waals surface area contributed by atoms with E-state index in [9.17, 15) is 0 Å². The van der Waals surface area contributed by atoms with E-state index in [-0.39, 0.29) is 0 Å². The fraction of sp³-hybridized carbons (Fsp3) is 0.273. The standard InChI is InChI=1S/C11H11Cl2N3O/c12-7-10-8-16(15-14-10)4-5-17-11-3-1-2-9(13)6-11/h1-3,6,8H,4-5,7H2. The molecule has 90 valence electrons. The molecule has 2 aromatic rings. The van der Waals surface area contributed by atoms with Gasteiger partial charge in [0.2, 0.25) is 0 Å². The molecule has 0 N–H and O–H groups in total. The van der Waals surface area contributed by atoms with Crippen LogP contribution >= 0.6 is 23.2 Å². The maximum absolute atomic E-state index is 5.84. The van der Waals surface area contributed by atoms with Crippen molar-refractivity contribution in [3.8, 4) is 5.75 Å². The van der Waals surface area contributed by atoms with E-state index in [0.717, 1.165) is 11.4 Å². The second kappa shape index (κ2) is 5.89. The molecule has 1 aromatic heterocycles. The maximum atomic E-state index is 5.84. The molecule has 2 rings (SSSR count). The van der Waals surface area contributed by atoms with Crippen LogP contribution in [0.15, 0.2) is 30.5 Å². The molecule has 0 saturated heterocycles. The summed E-state index contributed by atoms with van der Waals surface area (Å²) in [7, 11) is 0. The zero-order chi connectivity index (χ0) is 12.1. The Kier molecular flexibility index (Phi) is 4.23. The Morgan fingerprint density at radius 2 is 2.24 bits per heavy atom. The molecule has 0 aliphatic heterocycles. The summed E-state index contributed by atoms with van der Waals surface area (Å²) in [6, 6.07) is 7.28. The van der Waals surface area contributed by atoms with Crippen LogP contribution in [-0.2, 0) is 12.4 Å². The predicted molar refractivity (Wildman–Crippen MR) is 66.5 cm³/mol. The molecule has 0 atom stereocenters. The van der Waals surface area contributed by atoms with Crippen LogP contribution in [0.4, 0.5) is 0 Å². The van der Waals surface area contributed by atoms with Gasteiger partial charge in [0.05, 0.1) is 18.1 Å². The number of nitrogens with zero attached hydrogens (tertiary/aromatic N) is 3. The van der Waals surface area contributed by atoms with E-state index in [0.29, 0.717) is 24.1 Å². The third-order valence-electron chi connectivity index (χ3n) is 2.11. The molecule has 0 unspecified atom stereocenters. The summed E-state index contributed by atoms with van der Waals surface area (Å²) in [4.78, 5) is 0. The molecule has 0 amide bonds. The molecule has 1 aromatic carbocycles. The Morgan fingerprint density at radius 1 is 1.35 bits per heavy atom. The van der Waals surface area contributed by atoms with Gasteiger partial charge in [-0.15, -0.1) is 16.7 Å².